The van der Waals surface area contributed by atoms with Crippen LogP contribution in [0.5, 0.6) is 0 Å². The second-order valence-corrected chi connectivity index (χ2v) is 10.1. The van der Waals surface area contributed by atoms with Gasteiger partial charge in [-0.2, -0.15) is 0 Å². The van der Waals surface area contributed by atoms with Gasteiger partial charge in [0.25, 0.3) is 0 Å². The minimum absolute atomic E-state index is 0.0384. The molecule has 1 aliphatic rings. The second-order valence-electron chi connectivity index (χ2n) is 8.94. The van der Waals surface area contributed by atoms with E-state index in [1.165, 1.54) is 4.88 Å². The van der Waals surface area contributed by atoms with Crippen molar-refractivity contribution in [1.29, 1.82) is 0 Å². The monoisotopic (exact) mass is 513 g/mol. The van der Waals surface area contributed by atoms with Crippen molar-refractivity contribution in [2.45, 2.75) is 46.6 Å². The lowest BCUT2D eigenvalue weighted by Gasteiger charge is -2.12. The van der Waals surface area contributed by atoms with E-state index in [1.807, 2.05) is 35.8 Å². The first-order valence-corrected chi connectivity index (χ1v) is 13.0. The number of thiophene rings is 1. The lowest BCUT2D eigenvalue weighted by molar-refractivity contribution is -0.143. The fourth-order valence-electron chi connectivity index (χ4n) is 4.51. The van der Waals surface area contributed by atoms with E-state index in [0.717, 1.165) is 38.8 Å². The summed E-state index contributed by atoms with van der Waals surface area (Å²) in [6.07, 6.45) is 3.61. The van der Waals surface area contributed by atoms with E-state index in [9.17, 15) is 9.59 Å². The molecule has 4 aromatic rings. The molecule has 1 aliphatic heterocycles. The summed E-state index contributed by atoms with van der Waals surface area (Å²) in [6.45, 7) is 8.18. The van der Waals surface area contributed by atoms with Crippen LogP contribution in [0.4, 0.5) is 0 Å². The van der Waals surface area contributed by atoms with E-state index in [1.54, 1.807) is 42.8 Å². The van der Waals surface area contributed by atoms with Crippen LogP contribution in [0.2, 0.25) is 0 Å². The molecule has 1 aromatic carbocycles. The number of Topliss-reactive ketones (excluding diaryl/α,β-unsaturated/α-hetero) is 1. The van der Waals surface area contributed by atoms with Crippen LogP contribution in [0.15, 0.2) is 53.8 Å². The topological polar surface area (TPSA) is 99.3 Å². The zero-order chi connectivity index (χ0) is 26.1. The highest BCUT2D eigenvalue weighted by molar-refractivity contribution is 7.15. The number of carbonyl (C=O) groups is 2. The van der Waals surface area contributed by atoms with Crippen molar-refractivity contribution in [3.05, 3.63) is 93.1 Å². The van der Waals surface area contributed by atoms with E-state index in [2.05, 4.69) is 29.0 Å². The number of benzene rings is 1. The number of carbonyl (C=O) groups excluding carboxylic acids is 2. The van der Waals surface area contributed by atoms with Gasteiger partial charge in [-0.3, -0.25) is 24.1 Å². The summed E-state index contributed by atoms with van der Waals surface area (Å²) >= 11 is 1.67. The fraction of sp³-hybridized carbons (Fsp3) is 0.286. The Labute approximate surface area is 219 Å². The van der Waals surface area contributed by atoms with Crippen molar-refractivity contribution in [3.8, 4) is 5.00 Å². The molecule has 0 N–H and O–H groups in total. The highest BCUT2D eigenvalue weighted by Crippen LogP contribution is 2.39. The number of aliphatic imine (C=N–C) groups is 1. The van der Waals surface area contributed by atoms with Crippen LogP contribution < -0.4 is 0 Å². The molecule has 0 saturated carbocycles. The van der Waals surface area contributed by atoms with E-state index in [-0.39, 0.29) is 18.2 Å². The Balaban J connectivity index is 1.56. The van der Waals surface area contributed by atoms with Crippen LogP contribution in [-0.2, 0) is 16.0 Å². The van der Waals surface area contributed by atoms with E-state index >= 15 is 0 Å². The molecule has 0 spiro atoms. The third-order valence-corrected chi connectivity index (χ3v) is 7.69. The maximum Gasteiger partial charge on any atom is 0.308 e. The summed E-state index contributed by atoms with van der Waals surface area (Å²) in [7, 11) is 0. The third kappa shape index (κ3) is 4.74. The van der Waals surface area contributed by atoms with Crippen molar-refractivity contribution in [2.24, 2.45) is 4.99 Å². The van der Waals surface area contributed by atoms with Crippen LogP contribution in [0.1, 0.15) is 68.5 Å². The first-order valence-electron chi connectivity index (χ1n) is 12.2. The molecule has 188 valence electrons. The number of hydrogen-bond donors (Lipinski definition) is 0. The number of pyridine rings is 1. The van der Waals surface area contributed by atoms with Gasteiger partial charge in [0.1, 0.15) is 16.9 Å². The predicted molar refractivity (Wildman–Crippen MR) is 142 cm³/mol. The van der Waals surface area contributed by atoms with E-state index < -0.39 is 6.04 Å². The number of aryl methyl sites for hydroxylation is 2. The Morgan fingerprint density at radius 3 is 2.46 bits per heavy atom. The molecule has 0 unspecified atom stereocenters. The van der Waals surface area contributed by atoms with Crippen molar-refractivity contribution >= 4 is 28.8 Å². The van der Waals surface area contributed by atoms with Gasteiger partial charge in [0.2, 0.25) is 0 Å². The van der Waals surface area contributed by atoms with Crippen LogP contribution >= 0.6 is 11.3 Å². The number of ketones is 1. The van der Waals surface area contributed by atoms with Gasteiger partial charge in [-0.25, -0.2) is 0 Å². The van der Waals surface area contributed by atoms with E-state index in [0.29, 0.717) is 24.4 Å². The van der Waals surface area contributed by atoms with E-state index in [4.69, 9.17) is 9.73 Å². The van der Waals surface area contributed by atoms with Crippen molar-refractivity contribution < 1.29 is 14.3 Å². The molecule has 0 saturated heterocycles. The SMILES string of the molecule is CCOC(=O)C[C@@H]1N=C(c2ccc(CC(=O)c3ccncc3)cc2)c2c(sc(C)c2C)-n2c(C)nnc21. The molecule has 8 nitrogen and oxygen atoms in total. The highest BCUT2D eigenvalue weighted by Gasteiger charge is 2.32. The maximum absolute atomic E-state index is 12.7. The predicted octanol–water partition coefficient (Wildman–Crippen LogP) is 4.92. The summed E-state index contributed by atoms with van der Waals surface area (Å²) < 4.78 is 7.26. The Morgan fingerprint density at radius 1 is 1.03 bits per heavy atom. The Hall–Kier alpha value is -3.98. The summed E-state index contributed by atoms with van der Waals surface area (Å²) in [6, 6.07) is 10.8. The zero-order valence-electron chi connectivity index (χ0n) is 21.2. The van der Waals surface area contributed by atoms with Crippen LogP contribution in [-0.4, -0.2) is 43.8 Å². The summed E-state index contributed by atoms with van der Waals surface area (Å²) in [5.41, 5.74) is 5.40. The number of rotatable bonds is 7. The molecule has 0 bridgehead atoms. The van der Waals surface area contributed by atoms with Crippen LogP contribution in [0, 0.1) is 20.8 Å². The van der Waals surface area contributed by atoms with Crippen molar-refractivity contribution in [2.75, 3.05) is 6.61 Å². The van der Waals surface area contributed by atoms with Crippen molar-refractivity contribution in [1.82, 2.24) is 19.7 Å². The zero-order valence-corrected chi connectivity index (χ0v) is 22.0. The van der Waals surface area contributed by atoms with Gasteiger partial charge in [-0.1, -0.05) is 24.3 Å². The lowest BCUT2D eigenvalue weighted by Crippen LogP contribution is -2.13. The smallest absolute Gasteiger partial charge is 0.308 e. The molecule has 0 aliphatic carbocycles. The minimum Gasteiger partial charge on any atom is -0.466 e. The van der Waals surface area contributed by atoms with Crippen LogP contribution in [0.25, 0.3) is 5.00 Å². The molecule has 3 aromatic heterocycles. The lowest BCUT2D eigenvalue weighted by atomic mass is 9.97. The number of ether oxygens (including phenoxy) is 1. The maximum atomic E-state index is 12.7. The standard InChI is InChI=1S/C28H27N5O3S/c1-5-36-24(35)15-22-27-32-31-18(4)33(27)28-25(16(2)17(3)37-28)26(30-22)21-8-6-19(7-9-21)14-23(34)20-10-12-29-13-11-20/h6-13,22H,5,14-15H2,1-4H3/t22-/m0/s1. The third-order valence-electron chi connectivity index (χ3n) is 6.50. The van der Waals surface area contributed by atoms with Gasteiger partial charge >= 0.3 is 5.97 Å². The van der Waals surface area contributed by atoms with Crippen LogP contribution in [0.3, 0.4) is 0 Å². The first kappa shape index (κ1) is 24.7. The molecule has 37 heavy (non-hydrogen) atoms. The summed E-state index contributed by atoms with van der Waals surface area (Å²) in [5.74, 6) is 1.08. The molecular formula is C28H27N5O3S. The summed E-state index contributed by atoms with van der Waals surface area (Å²) in [4.78, 5) is 35.4. The largest absolute Gasteiger partial charge is 0.466 e. The van der Waals surface area contributed by atoms with Gasteiger partial charge in [-0.15, -0.1) is 21.5 Å². The average molecular weight is 514 g/mol. The number of hydrogen-bond acceptors (Lipinski definition) is 8. The Kier molecular flexibility index (Phi) is 6.80. The molecule has 1 atom stereocenters. The molecule has 0 amide bonds. The number of aromatic nitrogens is 4. The molecule has 4 heterocycles. The minimum atomic E-state index is -0.539. The van der Waals surface area contributed by atoms with Gasteiger partial charge in [0.05, 0.1) is 18.7 Å². The molecular weight excluding hydrogens is 486 g/mol. The molecule has 9 heteroatoms. The van der Waals surface area contributed by atoms with Gasteiger partial charge in [0, 0.05) is 40.4 Å². The average Bonchev–Trinajstić information content (AvgIpc) is 3.37. The van der Waals surface area contributed by atoms with Gasteiger partial charge in [0.15, 0.2) is 11.6 Å². The summed E-state index contributed by atoms with van der Waals surface area (Å²) in [5, 5.41) is 9.72. The quantitative estimate of drug-likeness (QED) is 0.257. The normalized spacial score (nSPS) is 14.4. The van der Waals surface area contributed by atoms with Gasteiger partial charge < -0.3 is 4.74 Å². The van der Waals surface area contributed by atoms with Gasteiger partial charge in [-0.05, 0) is 51.0 Å². The fourth-order valence-corrected chi connectivity index (χ4v) is 5.72. The Bertz CT molecular complexity index is 1500. The first-order chi connectivity index (χ1) is 17.9. The molecule has 5 rings (SSSR count). The second kappa shape index (κ2) is 10.2. The molecule has 0 radical (unpaired) electrons. The van der Waals surface area contributed by atoms with Crippen molar-refractivity contribution in [3.63, 3.8) is 0 Å². The highest BCUT2D eigenvalue weighted by atomic mass is 32.1. The molecule has 0 fully saturated rings. The number of fused-ring (bicyclic) bond motifs is 3. The Morgan fingerprint density at radius 2 is 1.76 bits per heavy atom. The number of nitrogens with zero attached hydrogens (tertiary/aromatic N) is 5. The number of esters is 1.